The lowest BCUT2D eigenvalue weighted by Crippen LogP contribution is -2.11. The first-order valence-corrected chi connectivity index (χ1v) is 18.5. The Labute approximate surface area is 309 Å². The molecule has 0 radical (unpaired) electrons. The molecule has 0 saturated carbocycles. The van der Waals surface area contributed by atoms with Gasteiger partial charge in [0.25, 0.3) is 0 Å². The second-order valence-electron chi connectivity index (χ2n) is 14.2. The van der Waals surface area contributed by atoms with Crippen molar-refractivity contribution in [2.24, 2.45) is 5.92 Å². The van der Waals surface area contributed by atoms with Crippen LogP contribution in [0.15, 0.2) is 193 Å². The van der Waals surface area contributed by atoms with Gasteiger partial charge in [0.2, 0.25) is 0 Å². The first kappa shape index (κ1) is 31.1. The lowest BCUT2D eigenvalue weighted by molar-refractivity contribution is 0.672. The number of allylic oxidation sites excluding steroid dienone is 4. The van der Waals surface area contributed by atoms with Crippen LogP contribution >= 0.6 is 0 Å². The van der Waals surface area contributed by atoms with Crippen molar-refractivity contribution in [2.75, 3.05) is 4.90 Å². The molecular formula is C51H37NO. The van der Waals surface area contributed by atoms with E-state index >= 15 is 0 Å². The van der Waals surface area contributed by atoms with E-state index in [0.717, 1.165) is 50.8 Å². The second kappa shape index (κ2) is 12.8. The predicted octanol–water partition coefficient (Wildman–Crippen LogP) is 14.7. The van der Waals surface area contributed by atoms with E-state index in [1.54, 1.807) is 0 Å². The number of rotatable bonds is 6. The zero-order valence-electron chi connectivity index (χ0n) is 29.5. The van der Waals surface area contributed by atoms with Crippen LogP contribution in [-0.4, -0.2) is 0 Å². The van der Waals surface area contributed by atoms with Gasteiger partial charge in [-0.05, 0) is 92.9 Å². The largest absolute Gasteiger partial charge is 0.455 e. The quantitative estimate of drug-likeness (QED) is 0.174. The fraction of sp³-hybridized carbons (Fsp3) is 0.0588. The summed E-state index contributed by atoms with van der Waals surface area (Å²) in [4.78, 5) is 2.42. The van der Waals surface area contributed by atoms with Crippen LogP contribution in [0.1, 0.15) is 18.9 Å². The zero-order valence-corrected chi connectivity index (χ0v) is 29.5. The van der Waals surface area contributed by atoms with Gasteiger partial charge in [0.15, 0.2) is 0 Å². The van der Waals surface area contributed by atoms with E-state index in [2.05, 4.69) is 200 Å². The molecule has 2 nitrogen and oxygen atoms in total. The molecule has 2 heteroatoms. The summed E-state index contributed by atoms with van der Waals surface area (Å²) in [6, 6.07) is 61.3. The van der Waals surface area contributed by atoms with E-state index < -0.39 is 0 Å². The van der Waals surface area contributed by atoms with E-state index in [1.165, 1.54) is 49.5 Å². The third-order valence-electron chi connectivity index (χ3n) is 10.7. The minimum Gasteiger partial charge on any atom is -0.455 e. The van der Waals surface area contributed by atoms with Crippen LogP contribution in [0, 0.1) is 5.92 Å². The highest BCUT2D eigenvalue weighted by molar-refractivity contribution is 6.23. The first-order chi connectivity index (χ1) is 26.2. The molecule has 1 aliphatic rings. The summed E-state index contributed by atoms with van der Waals surface area (Å²) in [5, 5.41) is 6.87. The fourth-order valence-electron chi connectivity index (χ4n) is 8.20. The molecule has 53 heavy (non-hydrogen) atoms. The van der Waals surface area contributed by atoms with Crippen molar-refractivity contribution in [2.45, 2.75) is 13.3 Å². The van der Waals surface area contributed by atoms with Crippen molar-refractivity contribution in [3.63, 3.8) is 0 Å². The highest BCUT2D eigenvalue weighted by atomic mass is 16.3. The molecule has 10 rings (SSSR count). The molecule has 0 spiro atoms. The summed E-state index contributed by atoms with van der Waals surface area (Å²) in [5.41, 5.74) is 12.3. The summed E-state index contributed by atoms with van der Waals surface area (Å²) < 4.78 is 6.87. The van der Waals surface area contributed by atoms with Gasteiger partial charge in [-0.2, -0.15) is 0 Å². The van der Waals surface area contributed by atoms with E-state index in [-0.39, 0.29) is 0 Å². The van der Waals surface area contributed by atoms with E-state index in [1.807, 2.05) is 0 Å². The van der Waals surface area contributed by atoms with Gasteiger partial charge in [0.1, 0.15) is 11.2 Å². The second-order valence-corrected chi connectivity index (χ2v) is 14.2. The lowest BCUT2D eigenvalue weighted by atomic mass is 9.91. The molecule has 1 aromatic heterocycles. The monoisotopic (exact) mass is 679 g/mol. The molecule has 1 heterocycles. The Morgan fingerprint density at radius 1 is 0.528 bits per heavy atom. The SMILES string of the molecule is C[C@@H]1C=C(c2ccc(-c3cc4c(oc5cccc(N(c6cccc(-c7ccccc7)c6)c6cccc7ccccc67)c54)c4ccccc34)cc2)C=CC1. The van der Waals surface area contributed by atoms with Crippen molar-refractivity contribution in [3.8, 4) is 22.3 Å². The number of benzene rings is 8. The molecule has 0 fully saturated rings. The van der Waals surface area contributed by atoms with Crippen molar-refractivity contribution in [3.05, 3.63) is 194 Å². The van der Waals surface area contributed by atoms with Crippen LogP contribution in [-0.2, 0) is 0 Å². The average molecular weight is 680 g/mol. The van der Waals surface area contributed by atoms with Gasteiger partial charge >= 0.3 is 0 Å². The van der Waals surface area contributed by atoms with E-state index in [0.29, 0.717) is 5.92 Å². The van der Waals surface area contributed by atoms with Gasteiger partial charge in [0.05, 0.1) is 16.8 Å². The van der Waals surface area contributed by atoms with Crippen molar-refractivity contribution >= 4 is 66.1 Å². The number of nitrogens with zero attached hydrogens (tertiary/aromatic N) is 1. The third kappa shape index (κ3) is 5.43. The summed E-state index contributed by atoms with van der Waals surface area (Å²) in [7, 11) is 0. The van der Waals surface area contributed by atoms with Gasteiger partial charge in [-0.25, -0.2) is 0 Å². The van der Waals surface area contributed by atoms with Gasteiger partial charge in [0, 0.05) is 21.8 Å². The maximum atomic E-state index is 6.87. The average Bonchev–Trinajstić information content (AvgIpc) is 3.61. The molecule has 1 atom stereocenters. The molecule has 0 bridgehead atoms. The molecular weight excluding hydrogens is 643 g/mol. The number of hydrogen-bond donors (Lipinski definition) is 0. The van der Waals surface area contributed by atoms with Gasteiger partial charge in [-0.3, -0.25) is 0 Å². The predicted molar refractivity (Wildman–Crippen MR) is 225 cm³/mol. The Kier molecular flexibility index (Phi) is 7.54. The molecule has 0 saturated heterocycles. The normalized spacial score (nSPS) is 14.3. The summed E-state index contributed by atoms with van der Waals surface area (Å²) in [5.74, 6) is 0.554. The van der Waals surface area contributed by atoms with E-state index in [4.69, 9.17) is 4.42 Å². The Morgan fingerprint density at radius 2 is 1.21 bits per heavy atom. The minimum atomic E-state index is 0.554. The molecule has 252 valence electrons. The summed E-state index contributed by atoms with van der Waals surface area (Å²) in [6.45, 7) is 2.28. The van der Waals surface area contributed by atoms with Crippen LogP contribution in [0.3, 0.4) is 0 Å². The Morgan fingerprint density at radius 3 is 2.06 bits per heavy atom. The van der Waals surface area contributed by atoms with Crippen molar-refractivity contribution in [1.29, 1.82) is 0 Å². The standard InChI is InChI=1S/C51H37NO/c1-34-13-9-18-39(31-34)36-27-29-38(30-28-36)45-33-46-50-48(25-12-26-49(50)53-51(46)44-23-8-7-22-43(44)45)52(47-24-11-17-37-16-5-6-21-42(37)47)41-20-10-19-40(32-41)35-14-3-2-4-15-35/h2-12,14-34H,13H2,1H3/t34-/m0/s1. The molecule has 0 N–H and O–H groups in total. The minimum absolute atomic E-state index is 0.554. The Hall–Kier alpha value is -6.64. The fourth-order valence-corrected chi connectivity index (χ4v) is 8.20. The number of fused-ring (bicyclic) bond motifs is 6. The van der Waals surface area contributed by atoms with Gasteiger partial charge < -0.3 is 9.32 Å². The zero-order chi connectivity index (χ0) is 35.3. The molecule has 8 aromatic carbocycles. The summed E-state index contributed by atoms with van der Waals surface area (Å²) >= 11 is 0. The topological polar surface area (TPSA) is 16.4 Å². The van der Waals surface area contributed by atoms with Crippen molar-refractivity contribution in [1.82, 2.24) is 0 Å². The lowest BCUT2D eigenvalue weighted by Gasteiger charge is -2.28. The highest BCUT2D eigenvalue weighted by Crippen LogP contribution is 2.48. The Balaban J connectivity index is 1.23. The molecule has 1 aliphatic carbocycles. The maximum Gasteiger partial charge on any atom is 0.143 e. The smallest absolute Gasteiger partial charge is 0.143 e. The molecule has 9 aromatic rings. The first-order valence-electron chi connectivity index (χ1n) is 18.5. The molecule has 0 amide bonds. The van der Waals surface area contributed by atoms with Crippen LogP contribution in [0.5, 0.6) is 0 Å². The molecule has 0 aliphatic heterocycles. The van der Waals surface area contributed by atoms with Crippen molar-refractivity contribution < 1.29 is 4.42 Å². The maximum absolute atomic E-state index is 6.87. The number of anilines is 3. The van der Waals surface area contributed by atoms with Crippen LogP contribution < -0.4 is 4.90 Å². The Bertz CT molecular complexity index is 2870. The van der Waals surface area contributed by atoms with Gasteiger partial charge in [-0.1, -0.05) is 159 Å². The van der Waals surface area contributed by atoms with Gasteiger partial charge in [-0.15, -0.1) is 0 Å². The third-order valence-corrected chi connectivity index (χ3v) is 10.7. The van der Waals surface area contributed by atoms with E-state index in [9.17, 15) is 0 Å². The summed E-state index contributed by atoms with van der Waals surface area (Å²) in [6.07, 6.45) is 8.03. The van der Waals surface area contributed by atoms with Crippen LogP contribution in [0.2, 0.25) is 0 Å². The molecule has 0 unspecified atom stereocenters. The highest BCUT2D eigenvalue weighted by Gasteiger charge is 2.23. The van der Waals surface area contributed by atoms with Crippen LogP contribution in [0.4, 0.5) is 17.1 Å². The number of hydrogen-bond acceptors (Lipinski definition) is 2. The number of furan rings is 1. The van der Waals surface area contributed by atoms with Crippen LogP contribution in [0.25, 0.3) is 71.3 Å².